The number of amides is 1. The number of benzene rings is 1. The van der Waals surface area contributed by atoms with Gasteiger partial charge in [0.25, 0.3) is 5.91 Å². The number of carbonyl (C=O) groups excluding carboxylic acids is 1. The molecule has 2 N–H and O–H groups in total. The number of aromatic nitrogens is 1. The number of rotatable bonds is 4. The number of carboxylic acid groups (broad SMARTS) is 1. The van der Waals surface area contributed by atoms with Crippen molar-refractivity contribution in [3.8, 4) is 0 Å². The van der Waals surface area contributed by atoms with Crippen molar-refractivity contribution in [3.05, 3.63) is 35.0 Å². The number of nitrogens with one attached hydrogen (secondary N) is 1. The molecule has 0 fully saturated rings. The van der Waals surface area contributed by atoms with Gasteiger partial charge in [-0.05, 0) is 19.9 Å². The number of hydrogen-bond donors (Lipinski definition) is 2. The Morgan fingerprint density at radius 1 is 1.29 bits per heavy atom. The van der Waals surface area contributed by atoms with Gasteiger partial charge in [-0.15, -0.1) is 0 Å². The predicted octanol–water partition coefficient (Wildman–Crippen LogP) is 2.67. The molecule has 2 atom stereocenters. The van der Waals surface area contributed by atoms with E-state index in [0.717, 1.165) is 10.9 Å². The van der Waals surface area contributed by atoms with Crippen LogP contribution in [-0.4, -0.2) is 27.6 Å². The van der Waals surface area contributed by atoms with E-state index in [1.54, 1.807) is 25.5 Å². The van der Waals surface area contributed by atoms with Crippen molar-refractivity contribution in [3.63, 3.8) is 0 Å². The van der Waals surface area contributed by atoms with Gasteiger partial charge < -0.3 is 15.0 Å². The lowest BCUT2D eigenvalue weighted by molar-refractivity contribution is -0.141. The van der Waals surface area contributed by atoms with Crippen molar-refractivity contribution in [2.45, 2.75) is 19.9 Å². The lowest BCUT2D eigenvalue weighted by atomic mass is 10.0. The van der Waals surface area contributed by atoms with Crippen LogP contribution in [0.25, 0.3) is 10.9 Å². The normalized spacial score (nSPS) is 13.9. The number of carbonyl (C=O) groups is 2. The molecular formula is C15H17ClN2O3. The summed E-state index contributed by atoms with van der Waals surface area (Å²) in [6.45, 7) is 3.21. The summed E-state index contributed by atoms with van der Waals surface area (Å²) in [5.41, 5.74) is 1.19. The fourth-order valence-corrected chi connectivity index (χ4v) is 2.59. The van der Waals surface area contributed by atoms with Crippen molar-refractivity contribution in [2.24, 2.45) is 13.0 Å². The number of aliphatic carboxylic acids is 1. The lowest BCUT2D eigenvalue weighted by Crippen LogP contribution is -2.40. The third-order valence-electron chi connectivity index (χ3n) is 3.76. The van der Waals surface area contributed by atoms with E-state index in [9.17, 15) is 9.59 Å². The molecule has 0 saturated carbocycles. The van der Waals surface area contributed by atoms with Gasteiger partial charge in [0.2, 0.25) is 0 Å². The van der Waals surface area contributed by atoms with Gasteiger partial charge >= 0.3 is 5.97 Å². The number of nitrogens with zero attached hydrogens (tertiary/aromatic N) is 1. The van der Waals surface area contributed by atoms with Crippen molar-refractivity contribution < 1.29 is 14.7 Å². The third-order valence-corrected chi connectivity index (χ3v) is 4.14. The molecule has 2 unspecified atom stereocenters. The summed E-state index contributed by atoms with van der Waals surface area (Å²) in [5, 5.41) is 12.8. The largest absolute Gasteiger partial charge is 0.481 e. The molecule has 2 rings (SSSR count). The first-order valence-electron chi connectivity index (χ1n) is 6.61. The number of hydrogen-bond acceptors (Lipinski definition) is 2. The number of para-hydroxylation sites is 1. The Kier molecular flexibility index (Phi) is 4.23. The van der Waals surface area contributed by atoms with E-state index in [1.807, 2.05) is 24.3 Å². The molecular weight excluding hydrogens is 292 g/mol. The summed E-state index contributed by atoms with van der Waals surface area (Å²) in [6, 6.07) is 6.95. The monoisotopic (exact) mass is 308 g/mol. The summed E-state index contributed by atoms with van der Waals surface area (Å²) in [4.78, 5) is 23.3. The molecule has 0 radical (unpaired) electrons. The minimum atomic E-state index is -0.953. The second-order valence-electron chi connectivity index (χ2n) is 5.13. The van der Waals surface area contributed by atoms with E-state index in [-0.39, 0.29) is 5.91 Å². The zero-order valence-electron chi connectivity index (χ0n) is 12.1. The molecule has 21 heavy (non-hydrogen) atoms. The van der Waals surface area contributed by atoms with Crippen LogP contribution in [0.5, 0.6) is 0 Å². The van der Waals surface area contributed by atoms with E-state index in [1.165, 1.54) is 0 Å². The van der Waals surface area contributed by atoms with E-state index in [0.29, 0.717) is 10.7 Å². The average Bonchev–Trinajstić information content (AvgIpc) is 2.70. The molecule has 1 heterocycles. The Morgan fingerprint density at radius 2 is 1.90 bits per heavy atom. The molecule has 0 bridgehead atoms. The summed E-state index contributed by atoms with van der Waals surface area (Å²) >= 11 is 6.28. The van der Waals surface area contributed by atoms with Crippen LogP contribution in [0.3, 0.4) is 0 Å². The standard InChI is InChI=1S/C15H17ClN2O3/c1-8(15(20)21)9(2)17-14(19)13-12(16)10-6-4-5-7-11(10)18(13)3/h4-9H,1-3H3,(H,17,19)(H,20,21). The van der Waals surface area contributed by atoms with Crippen molar-refractivity contribution in [1.29, 1.82) is 0 Å². The van der Waals surface area contributed by atoms with Crippen LogP contribution in [0.2, 0.25) is 5.02 Å². The van der Waals surface area contributed by atoms with Gasteiger partial charge in [0, 0.05) is 24.0 Å². The summed E-state index contributed by atoms with van der Waals surface area (Å²) in [6.07, 6.45) is 0. The quantitative estimate of drug-likeness (QED) is 0.912. The van der Waals surface area contributed by atoms with Crippen LogP contribution in [0.4, 0.5) is 0 Å². The van der Waals surface area contributed by atoms with Gasteiger partial charge in [0.1, 0.15) is 5.69 Å². The maximum atomic E-state index is 12.4. The summed E-state index contributed by atoms with van der Waals surface area (Å²) < 4.78 is 1.71. The average molecular weight is 309 g/mol. The Hall–Kier alpha value is -2.01. The minimum absolute atomic E-state index is 0.335. The molecule has 0 saturated heterocycles. The first kappa shape index (κ1) is 15.4. The van der Waals surface area contributed by atoms with Gasteiger partial charge in [-0.25, -0.2) is 0 Å². The Balaban J connectivity index is 2.34. The molecule has 1 amide bonds. The second kappa shape index (κ2) is 5.77. The van der Waals surface area contributed by atoms with E-state index >= 15 is 0 Å². The number of aryl methyl sites for hydroxylation is 1. The minimum Gasteiger partial charge on any atom is -0.481 e. The first-order valence-corrected chi connectivity index (χ1v) is 6.99. The Bertz CT molecular complexity index is 669. The second-order valence-corrected chi connectivity index (χ2v) is 5.51. The van der Waals surface area contributed by atoms with Gasteiger partial charge in [-0.3, -0.25) is 9.59 Å². The van der Waals surface area contributed by atoms with Gasteiger partial charge in [0.05, 0.1) is 10.9 Å². The molecule has 1 aromatic heterocycles. The topological polar surface area (TPSA) is 71.3 Å². The van der Waals surface area contributed by atoms with Gasteiger partial charge in [0.15, 0.2) is 0 Å². The van der Waals surface area contributed by atoms with E-state index in [2.05, 4.69) is 5.32 Å². The fourth-order valence-electron chi connectivity index (χ4n) is 2.21. The molecule has 0 spiro atoms. The van der Waals surface area contributed by atoms with Crippen LogP contribution in [0.15, 0.2) is 24.3 Å². The zero-order valence-corrected chi connectivity index (χ0v) is 12.8. The van der Waals surface area contributed by atoms with Crippen LogP contribution < -0.4 is 5.32 Å². The van der Waals surface area contributed by atoms with Crippen LogP contribution >= 0.6 is 11.6 Å². The highest BCUT2D eigenvalue weighted by Crippen LogP contribution is 2.29. The maximum Gasteiger partial charge on any atom is 0.308 e. The Morgan fingerprint density at radius 3 is 2.48 bits per heavy atom. The van der Waals surface area contributed by atoms with Crippen molar-refractivity contribution >= 4 is 34.4 Å². The molecule has 0 aliphatic carbocycles. The van der Waals surface area contributed by atoms with Gasteiger partial charge in [-0.1, -0.05) is 29.8 Å². The number of fused-ring (bicyclic) bond motifs is 1. The van der Waals surface area contributed by atoms with Crippen molar-refractivity contribution in [2.75, 3.05) is 0 Å². The fraction of sp³-hybridized carbons (Fsp3) is 0.333. The smallest absolute Gasteiger partial charge is 0.308 e. The molecule has 112 valence electrons. The van der Waals surface area contributed by atoms with Crippen LogP contribution in [0, 0.1) is 5.92 Å². The zero-order chi connectivity index (χ0) is 15.7. The molecule has 5 nitrogen and oxygen atoms in total. The molecule has 0 aliphatic heterocycles. The van der Waals surface area contributed by atoms with Crippen molar-refractivity contribution in [1.82, 2.24) is 9.88 Å². The number of halogens is 1. The molecule has 0 aliphatic rings. The highest BCUT2D eigenvalue weighted by atomic mass is 35.5. The molecule has 2 aromatic rings. The van der Waals surface area contributed by atoms with Crippen LogP contribution in [0.1, 0.15) is 24.3 Å². The lowest BCUT2D eigenvalue weighted by Gasteiger charge is -2.18. The maximum absolute atomic E-state index is 12.4. The molecule has 6 heteroatoms. The highest BCUT2D eigenvalue weighted by molar-refractivity contribution is 6.38. The van der Waals surface area contributed by atoms with E-state index in [4.69, 9.17) is 16.7 Å². The Labute approximate surface area is 127 Å². The third kappa shape index (κ3) is 2.74. The number of carboxylic acids is 1. The van der Waals surface area contributed by atoms with E-state index < -0.39 is 17.9 Å². The summed E-state index contributed by atoms with van der Waals surface area (Å²) in [5.74, 6) is -2.01. The van der Waals surface area contributed by atoms with Crippen LogP contribution in [-0.2, 0) is 11.8 Å². The van der Waals surface area contributed by atoms with Gasteiger partial charge in [-0.2, -0.15) is 0 Å². The predicted molar refractivity (Wildman–Crippen MR) is 81.7 cm³/mol. The molecule has 1 aromatic carbocycles. The first-order chi connectivity index (χ1) is 9.84. The SMILES string of the molecule is CC(NC(=O)c1c(Cl)c2ccccc2n1C)C(C)C(=O)O. The summed E-state index contributed by atoms with van der Waals surface area (Å²) in [7, 11) is 1.76. The highest BCUT2D eigenvalue weighted by Gasteiger charge is 2.25.